The van der Waals surface area contributed by atoms with Crippen molar-refractivity contribution >= 4 is 23.1 Å². The number of anilines is 1. The van der Waals surface area contributed by atoms with E-state index in [9.17, 15) is 19.8 Å². The van der Waals surface area contributed by atoms with Gasteiger partial charge in [-0.2, -0.15) is 5.26 Å². The molecule has 0 aliphatic rings. The molecule has 3 rings (SSSR count). The summed E-state index contributed by atoms with van der Waals surface area (Å²) < 4.78 is 13.2. The second-order valence-corrected chi connectivity index (χ2v) is 6.17. The smallest absolute Gasteiger partial charge is 0.270 e. The zero-order valence-corrected chi connectivity index (χ0v) is 14.8. The standard InChI is InChI=1S/C19H12ClFN4O2/c1-10-17(14-8-13(25(26)27)6-7-16(14)20)15(9-22)19(23)24-18(10)11-2-4-12(21)5-3-11/h2-8H,1H3,(H2,23,24). The Morgan fingerprint density at radius 1 is 1.26 bits per heavy atom. The molecule has 0 bridgehead atoms. The van der Waals surface area contributed by atoms with Crippen molar-refractivity contribution in [2.45, 2.75) is 6.92 Å². The van der Waals surface area contributed by atoms with Gasteiger partial charge in [-0.3, -0.25) is 10.1 Å². The van der Waals surface area contributed by atoms with Gasteiger partial charge in [0.15, 0.2) is 0 Å². The number of aromatic nitrogens is 1. The van der Waals surface area contributed by atoms with Crippen LogP contribution in [0.15, 0.2) is 42.5 Å². The molecule has 0 aliphatic carbocycles. The van der Waals surface area contributed by atoms with Crippen molar-refractivity contribution in [2.75, 3.05) is 5.73 Å². The highest BCUT2D eigenvalue weighted by molar-refractivity contribution is 6.33. The van der Waals surface area contributed by atoms with E-state index in [0.29, 0.717) is 27.9 Å². The number of hydrogen-bond donors (Lipinski definition) is 1. The van der Waals surface area contributed by atoms with E-state index in [1.165, 1.54) is 42.5 Å². The van der Waals surface area contributed by atoms with Gasteiger partial charge in [-0.15, -0.1) is 0 Å². The first-order chi connectivity index (χ1) is 12.8. The number of nitrogen functional groups attached to an aromatic ring is 1. The average molecular weight is 383 g/mol. The van der Waals surface area contributed by atoms with Gasteiger partial charge in [-0.25, -0.2) is 9.37 Å². The third kappa shape index (κ3) is 3.30. The van der Waals surface area contributed by atoms with Crippen LogP contribution in [0.5, 0.6) is 0 Å². The fourth-order valence-electron chi connectivity index (χ4n) is 2.85. The van der Waals surface area contributed by atoms with Gasteiger partial charge < -0.3 is 5.73 Å². The summed E-state index contributed by atoms with van der Waals surface area (Å²) in [4.78, 5) is 14.9. The number of nitro benzene ring substituents is 1. The lowest BCUT2D eigenvalue weighted by Crippen LogP contribution is -2.04. The Morgan fingerprint density at radius 2 is 1.93 bits per heavy atom. The molecule has 1 aromatic heterocycles. The van der Waals surface area contributed by atoms with Crippen LogP contribution in [-0.4, -0.2) is 9.91 Å². The van der Waals surface area contributed by atoms with E-state index in [1.807, 2.05) is 6.07 Å². The second kappa shape index (κ2) is 7.02. The zero-order valence-electron chi connectivity index (χ0n) is 14.0. The Bertz CT molecular complexity index is 1110. The molecule has 3 aromatic rings. The number of nitro groups is 1. The maximum Gasteiger partial charge on any atom is 0.270 e. The van der Waals surface area contributed by atoms with E-state index < -0.39 is 10.7 Å². The highest BCUT2D eigenvalue weighted by Gasteiger charge is 2.22. The summed E-state index contributed by atoms with van der Waals surface area (Å²) in [5.41, 5.74) is 8.11. The molecule has 0 saturated heterocycles. The Hall–Kier alpha value is -3.50. The van der Waals surface area contributed by atoms with Crippen LogP contribution in [0, 0.1) is 34.2 Å². The molecule has 0 amide bonds. The van der Waals surface area contributed by atoms with Crippen LogP contribution < -0.4 is 5.73 Å². The van der Waals surface area contributed by atoms with Gasteiger partial charge in [-0.05, 0) is 42.8 Å². The molecule has 6 nitrogen and oxygen atoms in total. The zero-order chi connectivity index (χ0) is 19.7. The number of nitrogens with zero attached hydrogens (tertiary/aromatic N) is 3. The Kier molecular flexibility index (Phi) is 4.75. The lowest BCUT2D eigenvalue weighted by atomic mass is 9.92. The predicted molar refractivity (Wildman–Crippen MR) is 101 cm³/mol. The Labute approximate surface area is 158 Å². The monoisotopic (exact) mass is 382 g/mol. The van der Waals surface area contributed by atoms with Crippen LogP contribution in [0.4, 0.5) is 15.9 Å². The summed E-state index contributed by atoms with van der Waals surface area (Å²) in [6.45, 7) is 1.70. The molecule has 0 atom stereocenters. The lowest BCUT2D eigenvalue weighted by Gasteiger charge is -2.16. The van der Waals surface area contributed by atoms with E-state index in [0.717, 1.165) is 0 Å². The number of rotatable bonds is 3. The first kappa shape index (κ1) is 18.3. The van der Waals surface area contributed by atoms with Crippen molar-refractivity contribution in [3.05, 3.63) is 74.5 Å². The van der Waals surface area contributed by atoms with Crippen molar-refractivity contribution in [1.82, 2.24) is 4.98 Å². The number of pyridine rings is 1. The van der Waals surface area contributed by atoms with Crippen molar-refractivity contribution in [2.24, 2.45) is 0 Å². The molecule has 0 spiro atoms. The first-order valence-corrected chi connectivity index (χ1v) is 8.11. The third-order valence-corrected chi connectivity index (χ3v) is 4.46. The van der Waals surface area contributed by atoms with Crippen LogP contribution in [0.25, 0.3) is 22.4 Å². The maximum absolute atomic E-state index is 13.2. The molecule has 1 heterocycles. The third-order valence-electron chi connectivity index (χ3n) is 4.13. The molecular weight excluding hydrogens is 371 g/mol. The van der Waals surface area contributed by atoms with E-state index in [-0.39, 0.29) is 22.1 Å². The number of non-ortho nitro benzene ring substituents is 1. The van der Waals surface area contributed by atoms with Crippen molar-refractivity contribution in [1.29, 1.82) is 5.26 Å². The minimum Gasteiger partial charge on any atom is -0.383 e. The topological polar surface area (TPSA) is 106 Å². The largest absolute Gasteiger partial charge is 0.383 e. The van der Waals surface area contributed by atoms with Gasteiger partial charge in [0.25, 0.3) is 5.69 Å². The molecular formula is C19H12ClFN4O2. The lowest BCUT2D eigenvalue weighted by molar-refractivity contribution is -0.384. The normalized spacial score (nSPS) is 10.4. The fraction of sp³-hybridized carbons (Fsp3) is 0.0526. The number of nitrogens with two attached hydrogens (primary N) is 1. The summed E-state index contributed by atoms with van der Waals surface area (Å²) in [7, 11) is 0. The molecule has 0 saturated carbocycles. The number of benzene rings is 2. The highest BCUT2D eigenvalue weighted by Crippen LogP contribution is 2.40. The van der Waals surface area contributed by atoms with E-state index in [1.54, 1.807) is 6.92 Å². The molecule has 0 radical (unpaired) electrons. The van der Waals surface area contributed by atoms with Crippen LogP contribution >= 0.6 is 11.6 Å². The fourth-order valence-corrected chi connectivity index (χ4v) is 3.06. The predicted octanol–water partition coefficient (Wildman–Crippen LogP) is 4.88. The van der Waals surface area contributed by atoms with E-state index in [4.69, 9.17) is 17.3 Å². The summed E-state index contributed by atoms with van der Waals surface area (Å²) in [6.07, 6.45) is 0. The quantitative estimate of drug-likeness (QED) is 0.513. The molecule has 2 aromatic carbocycles. The van der Waals surface area contributed by atoms with Gasteiger partial charge in [0.2, 0.25) is 0 Å². The SMILES string of the molecule is Cc1c(-c2ccc(F)cc2)nc(N)c(C#N)c1-c1cc([N+](=O)[O-])ccc1Cl. The van der Waals surface area contributed by atoms with E-state index >= 15 is 0 Å². The molecule has 0 unspecified atom stereocenters. The Morgan fingerprint density at radius 3 is 2.52 bits per heavy atom. The van der Waals surface area contributed by atoms with Gasteiger partial charge >= 0.3 is 0 Å². The maximum atomic E-state index is 13.2. The molecule has 0 fully saturated rings. The number of nitriles is 1. The molecule has 0 aliphatic heterocycles. The minimum atomic E-state index is -0.549. The van der Waals surface area contributed by atoms with Gasteiger partial charge in [0, 0.05) is 33.8 Å². The molecule has 27 heavy (non-hydrogen) atoms. The number of hydrogen-bond acceptors (Lipinski definition) is 5. The van der Waals surface area contributed by atoms with Crippen LogP contribution in [0.2, 0.25) is 5.02 Å². The summed E-state index contributed by atoms with van der Waals surface area (Å²) in [6, 6.07) is 11.6. The minimum absolute atomic E-state index is 0.0417. The van der Waals surface area contributed by atoms with Crippen molar-refractivity contribution < 1.29 is 9.31 Å². The van der Waals surface area contributed by atoms with Crippen LogP contribution in [-0.2, 0) is 0 Å². The van der Waals surface area contributed by atoms with Crippen molar-refractivity contribution in [3.8, 4) is 28.5 Å². The number of halogens is 2. The van der Waals surface area contributed by atoms with Gasteiger partial charge in [0.05, 0.1) is 10.6 Å². The average Bonchev–Trinajstić information content (AvgIpc) is 2.64. The molecule has 8 heteroatoms. The summed E-state index contributed by atoms with van der Waals surface area (Å²) in [5, 5.41) is 20.9. The Balaban J connectivity index is 2.36. The first-order valence-electron chi connectivity index (χ1n) is 7.74. The van der Waals surface area contributed by atoms with E-state index in [2.05, 4.69) is 4.98 Å². The van der Waals surface area contributed by atoms with Gasteiger partial charge in [-0.1, -0.05) is 11.6 Å². The highest BCUT2D eigenvalue weighted by atomic mass is 35.5. The molecule has 2 N–H and O–H groups in total. The second-order valence-electron chi connectivity index (χ2n) is 5.76. The van der Waals surface area contributed by atoms with Crippen LogP contribution in [0.3, 0.4) is 0 Å². The molecule has 134 valence electrons. The van der Waals surface area contributed by atoms with Gasteiger partial charge in [0.1, 0.15) is 23.3 Å². The summed E-state index contributed by atoms with van der Waals surface area (Å²) >= 11 is 6.27. The summed E-state index contributed by atoms with van der Waals surface area (Å²) in [5.74, 6) is -0.444. The van der Waals surface area contributed by atoms with Crippen molar-refractivity contribution in [3.63, 3.8) is 0 Å². The van der Waals surface area contributed by atoms with Crippen LogP contribution in [0.1, 0.15) is 11.1 Å².